The topological polar surface area (TPSA) is 138 Å². The van der Waals surface area contributed by atoms with Gasteiger partial charge in [-0.25, -0.2) is 4.98 Å². The largest absolute Gasteiger partial charge is 0.507 e. The second-order valence-electron chi connectivity index (χ2n) is 9.24. The number of phenols is 1. The van der Waals surface area contributed by atoms with E-state index in [1.807, 2.05) is 18.3 Å². The molecular weight excluding hydrogens is 442 g/mol. The van der Waals surface area contributed by atoms with Crippen LogP contribution in [0.3, 0.4) is 0 Å². The van der Waals surface area contributed by atoms with Crippen LogP contribution < -0.4 is 26.4 Å². The van der Waals surface area contributed by atoms with Crippen LogP contribution in [0.5, 0.6) is 11.6 Å². The zero-order valence-corrected chi connectivity index (χ0v) is 20.2. The first-order valence-corrected chi connectivity index (χ1v) is 12.1. The van der Waals surface area contributed by atoms with Gasteiger partial charge in [0.2, 0.25) is 11.8 Å². The minimum absolute atomic E-state index is 0.0369. The molecule has 0 spiro atoms. The van der Waals surface area contributed by atoms with Gasteiger partial charge in [-0.05, 0) is 57.0 Å². The molecule has 5 rings (SSSR count). The Kier molecular flexibility index (Phi) is 6.25. The lowest BCUT2D eigenvalue weighted by Crippen LogP contribution is -2.35. The summed E-state index contributed by atoms with van der Waals surface area (Å²) in [6.07, 6.45) is 6.65. The Hall–Kier alpha value is -3.72. The summed E-state index contributed by atoms with van der Waals surface area (Å²) >= 11 is 0. The van der Waals surface area contributed by atoms with Gasteiger partial charge in [0.15, 0.2) is 0 Å². The molecule has 2 aromatic heterocycles. The van der Waals surface area contributed by atoms with Gasteiger partial charge in [-0.3, -0.25) is 0 Å². The number of nitrogens with two attached hydrogens (primary N) is 2. The van der Waals surface area contributed by atoms with E-state index in [1.54, 1.807) is 25.3 Å². The molecule has 1 fully saturated rings. The van der Waals surface area contributed by atoms with Gasteiger partial charge in [0.25, 0.3) is 0 Å². The molecule has 0 saturated carbocycles. The number of hydrogen-bond acceptors (Lipinski definition) is 8. The SMILES string of the molecule is COc1nc(N2CCc3[nH]c(N)c(/C=C(\N)c4ccccc4O)c3C2C)ncc1C1CCNCC1. The number of piperidine rings is 1. The lowest BCUT2D eigenvalue weighted by atomic mass is 9.92. The van der Waals surface area contributed by atoms with Crippen LogP contribution >= 0.6 is 0 Å². The van der Waals surface area contributed by atoms with Crippen molar-refractivity contribution in [1.29, 1.82) is 0 Å². The highest BCUT2D eigenvalue weighted by atomic mass is 16.5. The molecule has 0 bridgehead atoms. The monoisotopic (exact) mass is 475 g/mol. The van der Waals surface area contributed by atoms with Gasteiger partial charge in [-0.15, -0.1) is 0 Å². The maximum absolute atomic E-state index is 10.2. The molecule has 1 aromatic carbocycles. The Morgan fingerprint density at radius 3 is 2.77 bits per heavy atom. The van der Waals surface area contributed by atoms with Crippen LogP contribution in [-0.2, 0) is 6.42 Å². The number of para-hydroxylation sites is 1. The first-order valence-electron chi connectivity index (χ1n) is 12.1. The van der Waals surface area contributed by atoms with Gasteiger partial charge in [-0.1, -0.05) is 12.1 Å². The highest BCUT2D eigenvalue weighted by molar-refractivity contribution is 5.86. The third-order valence-corrected chi connectivity index (χ3v) is 7.19. The van der Waals surface area contributed by atoms with Gasteiger partial charge in [0.05, 0.1) is 13.2 Å². The average molecular weight is 476 g/mol. The van der Waals surface area contributed by atoms with E-state index in [4.69, 9.17) is 26.2 Å². The summed E-state index contributed by atoms with van der Waals surface area (Å²) in [6.45, 7) is 4.87. The van der Waals surface area contributed by atoms with E-state index in [9.17, 15) is 5.11 Å². The molecule has 35 heavy (non-hydrogen) atoms. The standard InChI is InChI=1S/C26H33N7O2/c1-15-23-18(13-20(27)17-5-3-4-6-22(17)34)24(28)31-21(23)9-12-33(15)26-30-14-19(25(32-26)35-2)16-7-10-29-11-8-16/h3-6,13-16,29,31,34H,7-12,27-28H2,1-2H3/b20-13-. The quantitative estimate of drug-likeness (QED) is 0.379. The second kappa shape index (κ2) is 9.50. The average Bonchev–Trinajstić information content (AvgIpc) is 3.20. The fraction of sp³-hybridized carbons (Fsp3) is 0.385. The van der Waals surface area contributed by atoms with Crippen molar-refractivity contribution in [2.75, 3.05) is 37.4 Å². The highest BCUT2D eigenvalue weighted by Crippen LogP contribution is 2.39. The van der Waals surface area contributed by atoms with Crippen molar-refractivity contribution in [3.05, 3.63) is 58.4 Å². The van der Waals surface area contributed by atoms with Gasteiger partial charge >= 0.3 is 0 Å². The van der Waals surface area contributed by atoms with Crippen LogP contribution in [0.25, 0.3) is 11.8 Å². The van der Waals surface area contributed by atoms with Crippen LogP contribution in [0.4, 0.5) is 11.8 Å². The summed E-state index contributed by atoms with van der Waals surface area (Å²) in [6, 6.07) is 6.98. The number of anilines is 2. The minimum atomic E-state index is -0.0369. The molecule has 9 nitrogen and oxygen atoms in total. The van der Waals surface area contributed by atoms with E-state index in [2.05, 4.69) is 22.1 Å². The van der Waals surface area contributed by atoms with Crippen molar-refractivity contribution in [2.45, 2.75) is 38.1 Å². The zero-order chi connectivity index (χ0) is 24.5. The smallest absolute Gasteiger partial charge is 0.229 e. The number of nitrogen functional groups attached to an aromatic ring is 1. The predicted molar refractivity (Wildman–Crippen MR) is 138 cm³/mol. The zero-order valence-electron chi connectivity index (χ0n) is 20.2. The van der Waals surface area contributed by atoms with Gasteiger partial charge in [0, 0.05) is 52.8 Å². The number of fused-ring (bicyclic) bond motifs is 1. The molecule has 0 amide bonds. The fourth-order valence-electron chi connectivity index (χ4n) is 5.32. The van der Waals surface area contributed by atoms with Gasteiger partial charge in [-0.2, -0.15) is 4.98 Å². The number of benzene rings is 1. The van der Waals surface area contributed by atoms with Crippen LogP contribution in [0.2, 0.25) is 0 Å². The van der Waals surface area contributed by atoms with Gasteiger partial charge in [0.1, 0.15) is 11.6 Å². The highest BCUT2D eigenvalue weighted by Gasteiger charge is 2.31. The van der Waals surface area contributed by atoms with Crippen molar-refractivity contribution in [3.63, 3.8) is 0 Å². The molecule has 184 valence electrons. The summed E-state index contributed by atoms with van der Waals surface area (Å²) in [5.41, 5.74) is 17.8. The number of nitrogens with zero attached hydrogens (tertiary/aromatic N) is 3. The fourth-order valence-corrected chi connectivity index (χ4v) is 5.32. The first kappa shape index (κ1) is 23.0. The van der Waals surface area contributed by atoms with E-state index >= 15 is 0 Å². The summed E-state index contributed by atoms with van der Waals surface area (Å²) in [5.74, 6) is 2.39. The minimum Gasteiger partial charge on any atom is -0.507 e. The molecule has 2 aliphatic heterocycles. The number of phenolic OH excluding ortho intramolecular Hbond substituents is 1. The Bertz CT molecular complexity index is 1250. The molecule has 0 radical (unpaired) electrons. The first-order chi connectivity index (χ1) is 17.0. The molecule has 7 N–H and O–H groups in total. The number of aromatic nitrogens is 3. The van der Waals surface area contributed by atoms with E-state index < -0.39 is 0 Å². The number of ether oxygens (including phenoxy) is 1. The molecule has 3 aromatic rings. The van der Waals surface area contributed by atoms with E-state index in [0.29, 0.717) is 34.8 Å². The van der Waals surface area contributed by atoms with Crippen LogP contribution in [0.1, 0.15) is 59.7 Å². The molecule has 9 heteroatoms. The summed E-state index contributed by atoms with van der Waals surface area (Å²) in [7, 11) is 1.67. The molecule has 0 aliphatic carbocycles. The number of nitrogens with one attached hydrogen (secondary N) is 2. The normalized spacial score (nSPS) is 19.0. The number of H-pyrrole nitrogens is 1. The molecule has 1 atom stereocenters. The summed E-state index contributed by atoms with van der Waals surface area (Å²) in [4.78, 5) is 15.1. The summed E-state index contributed by atoms with van der Waals surface area (Å²) in [5, 5.41) is 13.6. The lowest BCUT2D eigenvalue weighted by Gasteiger charge is -2.34. The van der Waals surface area contributed by atoms with Crippen LogP contribution in [0, 0.1) is 0 Å². The second-order valence-corrected chi connectivity index (χ2v) is 9.24. The molecule has 1 saturated heterocycles. The third kappa shape index (κ3) is 4.27. The van der Waals surface area contributed by atoms with Crippen molar-refractivity contribution in [1.82, 2.24) is 20.3 Å². The van der Waals surface area contributed by atoms with E-state index in [1.165, 1.54) is 0 Å². The molecule has 4 heterocycles. The maximum atomic E-state index is 10.2. The Labute approximate surface area is 205 Å². The summed E-state index contributed by atoms with van der Waals surface area (Å²) < 4.78 is 5.70. The number of hydrogen-bond donors (Lipinski definition) is 5. The number of rotatable bonds is 5. The van der Waals surface area contributed by atoms with Crippen LogP contribution in [0.15, 0.2) is 30.5 Å². The Morgan fingerprint density at radius 1 is 1.26 bits per heavy atom. The van der Waals surface area contributed by atoms with E-state index in [0.717, 1.165) is 61.3 Å². The Balaban J connectivity index is 1.48. The van der Waals surface area contributed by atoms with Crippen molar-refractivity contribution >= 4 is 23.5 Å². The number of aromatic amines is 1. The van der Waals surface area contributed by atoms with Crippen molar-refractivity contribution < 1.29 is 9.84 Å². The molecule has 2 aliphatic rings. The van der Waals surface area contributed by atoms with Crippen molar-refractivity contribution in [3.8, 4) is 11.6 Å². The maximum Gasteiger partial charge on any atom is 0.229 e. The Morgan fingerprint density at radius 2 is 2.03 bits per heavy atom. The third-order valence-electron chi connectivity index (χ3n) is 7.19. The number of aromatic hydroxyl groups is 1. The lowest BCUT2D eigenvalue weighted by molar-refractivity contribution is 0.374. The molecule has 1 unspecified atom stereocenters. The predicted octanol–water partition coefficient (Wildman–Crippen LogP) is 3.15. The van der Waals surface area contributed by atoms with Crippen molar-refractivity contribution in [2.24, 2.45) is 5.73 Å². The van der Waals surface area contributed by atoms with E-state index in [-0.39, 0.29) is 11.8 Å². The van der Waals surface area contributed by atoms with Gasteiger partial charge < -0.3 is 36.5 Å². The molecular formula is C26H33N7O2. The van der Waals surface area contributed by atoms with Crippen LogP contribution in [-0.4, -0.2) is 46.8 Å². The number of methoxy groups -OCH3 is 1.